The first-order valence-electron chi connectivity index (χ1n) is 7.10. The minimum atomic E-state index is 0.131. The summed E-state index contributed by atoms with van der Waals surface area (Å²) in [7, 11) is 1.95. The van der Waals surface area contributed by atoms with Crippen LogP contribution in [0.5, 0.6) is 0 Å². The molecule has 1 aliphatic carbocycles. The van der Waals surface area contributed by atoms with Crippen molar-refractivity contribution in [3.63, 3.8) is 0 Å². The van der Waals surface area contributed by atoms with Crippen LogP contribution in [-0.4, -0.2) is 20.3 Å². The molecule has 1 aliphatic rings. The third kappa shape index (κ3) is 3.17. The highest BCUT2D eigenvalue weighted by Gasteiger charge is 2.21. The standard InChI is InChI=1S/C16H21NO2/c1-17-14(11-18-9-8-12-6-7-12)16-10-13-4-2-3-5-15(13)19-16/h2-5,10,12,14,17H,6-9,11H2,1H3. The molecule has 1 fully saturated rings. The highest BCUT2D eigenvalue weighted by molar-refractivity contribution is 5.77. The predicted octanol–water partition coefficient (Wildman–Crippen LogP) is 3.51. The Hall–Kier alpha value is -1.32. The van der Waals surface area contributed by atoms with Crippen LogP contribution in [0.15, 0.2) is 34.7 Å². The summed E-state index contributed by atoms with van der Waals surface area (Å²) in [4.78, 5) is 0. The van der Waals surface area contributed by atoms with Gasteiger partial charge in [0.05, 0.1) is 12.6 Å². The molecule has 2 aromatic rings. The van der Waals surface area contributed by atoms with Crippen molar-refractivity contribution in [2.24, 2.45) is 5.92 Å². The summed E-state index contributed by atoms with van der Waals surface area (Å²) in [6.07, 6.45) is 3.99. The van der Waals surface area contributed by atoms with Gasteiger partial charge in [-0.3, -0.25) is 0 Å². The van der Waals surface area contributed by atoms with Gasteiger partial charge < -0.3 is 14.5 Å². The van der Waals surface area contributed by atoms with E-state index in [0.29, 0.717) is 6.61 Å². The number of hydrogen-bond donors (Lipinski definition) is 1. The lowest BCUT2D eigenvalue weighted by molar-refractivity contribution is 0.103. The minimum Gasteiger partial charge on any atom is -0.459 e. The summed E-state index contributed by atoms with van der Waals surface area (Å²) < 4.78 is 11.6. The maximum atomic E-state index is 5.87. The second-order valence-corrected chi connectivity index (χ2v) is 5.33. The van der Waals surface area contributed by atoms with Crippen LogP contribution < -0.4 is 5.32 Å². The van der Waals surface area contributed by atoms with Crippen molar-refractivity contribution in [3.8, 4) is 0 Å². The van der Waals surface area contributed by atoms with Gasteiger partial charge in [0.1, 0.15) is 11.3 Å². The summed E-state index contributed by atoms with van der Waals surface area (Å²) in [6, 6.07) is 10.3. The zero-order valence-corrected chi connectivity index (χ0v) is 11.4. The summed E-state index contributed by atoms with van der Waals surface area (Å²) in [5.41, 5.74) is 0.940. The lowest BCUT2D eigenvalue weighted by Gasteiger charge is -2.13. The van der Waals surface area contributed by atoms with Gasteiger partial charge in [-0.25, -0.2) is 0 Å². The van der Waals surface area contributed by atoms with E-state index < -0.39 is 0 Å². The van der Waals surface area contributed by atoms with Crippen molar-refractivity contribution < 1.29 is 9.15 Å². The molecule has 19 heavy (non-hydrogen) atoms. The number of para-hydroxylation sites is 1. The van der Waals surface area contributed by atoms with Gasteiger partial charge in [0.15, 0.2) is 0 Å². The van der Waals surface area contributed by atoms with E-state index in [2.05, 4.69) is 17.4 Å². The van der Waals surface area contributed by atoms with Crippen LogP contribution in [0, 0.1) is 5.92 Å². The van der Waals surface area contributed by atoms with Gasteiger partial charge in [0, 0.05) is 12.0 Å². The van der Waals surface area contributed by atoms with Crippen LogP contribution >= 0.6 is 0 Å². The minimum absolute atomic E-state index is 0.131. The first-order valence-corrected chi connectivity index (χ1v) is 7.10. The lowest BCUT2D eigenvalue weighted by atomic mass is 10.2. The number of rotatable bonds is 7. The van der Waals surface area contributed by atoms with E-state index in [-0.39, 0.29) is 6.04 Å². The fourth-order valence-corrected chi connectivity index (χ4v) is 2.34. The molecule has 3 heteroatoms. The van der Waals surface area contributed by atoms with Gasteiger partial charge in [-0.15, -0.1) is 0 Å². The van der Waals surface area contributed by atoms with E-state index in [4.69, 9.17) is 9.15 Å². The van der Waals surface area contributed by atoms with E-state index in [1.165, 1.54) is 19.3 Å². The topological polar surface area (TPSA) is 34.4 Å². The molecule has 1 heterocycles. The Morgan fingerprint density at radius 1 is 1.37 bits per heavy atom. The molecule has 0 aliphatic heterocycles. The Morgan fingerprint density at radius 2 is 2.21 bits per heavy atom. The first kappa shape index (κ1) is 12.7. The fourth-order valence-electron chi connectivity index (χ4n) is 2.34. The predicted molar refractivity (Wildman–Crippen MR) is 76.2 cm³/mol. The van der Waals surface area contributed by atoms with Gasteiger partial charge in [-0.05, 0) is 31.5 Å². The quantitative estimate of drug-likeness (QED) is 0.773. The molecule has 1 aromatic carbocycles. The maximum absolute atomic E-state index is 5.87. The van der Waals surface area contributed by atoms with E-state index in [0.717, 1.165) is 29.3 Å². The van der Waals surface area contributed by atoms with Crippen molar-refractivity contribution in [1.82, 2.24) is 5.32 Å². The molecule has 102 valence electrons. The Balaban J connectivity index is 1.59. The summed E-state index contributed by atoms with van der Waals surface area (Å²) >= 11 is 0. The van der Waals surface area contributed by atoms with E-state index >= 15 is 0 Å². The van der Waals surface area contributed by atoms with Gasteiger partial charge in [-0.2, -0.15) is 0 Å². The first-order chi connectivity index (χ1) is 9.36. The highest BCUT2D eigenvalue weighted by atomic mass is 16.5. The summed E-state index contributed by atoms with van der Waals surface area (Å²) in [5, 5.41) is 4.41. The van der Waals surface area contributed by atoms with E-state index in [1.807, 2.05) is 25.2 Å². The molecular weight excluding hydrogens is 238 g/mol. The molecule has 0 spiro atoms. The molecular formula is C16H21NO2. The average Bonchev–Trinajstić information content (AvgIpc) is 3.16. The number of benzene rings is 1. The normalized spacial score (nSPS) is 16.9. The van der Waals surface area contributed by atoms with E-state index in [9.17, 15) is 0 Å². The van der Waals surface area contributed by atoms with Crippen LogP contribution in [0.4, 0.5) is 0 Å². The molecule has 0 bridgehead atoms. The van der Waals surface area contributed by atoms with Crippen molar-refractivity contribution in [2.75, 3.05) is 20.3 Å². The largest absolute Gasteiger partial charge is 0.459 e. The van der Waals surface area contributed by atoms with E-state index in [1.54, 1.807) is 0 Å². The number of nitrogens with one attached hydrogen (secondary N) is 1. The third-order valence-corrected chi connectivity index (χ3v) is 3.79. The number of furan rings is 1. The van der Waals surface area contributed by atoms with Gasteiger partial charge in [-0.1, -0.05) is 31.0 Å². The number of hydrogen-bond acceptors (Lipinski definition) is 3. The van der Waals surface area contributed by atoms with Crippen LogP contribution in [0.2, 0.25) is 0 Å². The summed E-state index contributed by atoms with van der Waals surface area (Å²) in [5.74, 6) is 1.88. The Bertz CT molecular complexity index is 497. The molecule has 0 radical (unpaired) electrons. The smallest absolute Gasteiger partial charge is 0.134 e. The molecule has 1 aromatic heterocycles. The molecule has 3 rings (SSSR count). The highest BCUT2D eigenvalue weighted by Crippen LogP contribution is 2.32. The fraction of sp³-hybridized carbons (Fsp3) is 0.500. The molecule has 1 N–H and O–H groups in total. The van der Waals surface area contributed by atoms with Crippen LogP contribution in [0.3, 0.4) is 0 Å². The third-order valence-electron chi connectivity index (χ3n) is 3.79. The van der Waals surface area contributed by atoms with Gasteiger partial charge in [0.2, 0.25) is 0 Å². The number of likely N-dealkylation sites (N-methyl/N-ethyl adjacent to an activating group) is 1. The molecule has 1 saturated carbocycles. The molecule has 1 unspecified atom stereocenters. The molecule has 0 amide bonds. The monoisotopic (exact) mass is 259 g/mol. The second kappa shape index (κ2) is 5.76. The van der Waals surface area contributed by atoms with Crippen molar-refractivity contribution >= 4 is 11.0 Å². The van der Waals surface area contributed by atoms with Crippen molar-refractivity contribution in [1.29, 1.82) is 0 Å². The SMILES string of the molecule is CNC(COCCC1CC1)c1cc2ccccc2o1. The van der Waals surface area contributed by atoms with Crippen LogP contribution in [-0.2, 0) is 4.74 Å². The molecule has 1 atom stereocenters. The maximum Gasteiger partial charge on any atom is 0.134 e. The zero-order chi connectivity index (χ0) is 13.1. The molecule has 0 saturated heterocycles. The van der Waals surface area contributed by atoms with Gasteiger partial charge >= 0.3 is 0 Å². The zero-order valence-electron chi connectivity index (χ0n) is 11.4. The number of fused-ring (bicyclic) bond motifs is 1. The Kier molecular flexibility index (Phi) is 3.85. The Morgan fingerprint density at radius 3 is 2.95 bits per heavy atom. The summed E-state index contributed by atoms with van der Waals surface area (Å²) in [6.45, 7) is 1.53. The average molecular weight is 259 g/mol. The second-order valence-electron chi connectivity index (χ2n) is 5.33. The van der Waals surface area contributed by atoms with Gasteiger partial charge in [0.25, 0.3) is 0 Å². The van der Waals surface area contributed by atoms with Crippen LogP contribution in [0.1, 0.15) is 31.1 Å². The Labute approximate surface area is 113 Å². The number of ether oxygens (including phenoxy) is 1. The lowest BCUT2D eigenvalue weighted by Crippen LogP contribution is -2.21. The van der Waals surface area contributed by atoms with Crippen LogP contribution in [0.25, 0.3) is 11.0 Å². The van der Waals surface area contributed by atoms with Crippen molar-refractivity contribution in [3.05, 3.63) is 36.1 Å². The molecule has 3 nitrogen and oxygen atoms in total. The van der Waals surface area contributed by atoms with Crippen molar-refractivity contribution in [2.45, 2.75) is 25.3 Å².